The fourth-order valence-electron chi connectivity index (χ4n) is 7.74. The lowest BCUT2D eigenvalue weighted by Gasteiger charge is -2.21. The standard InChI is InChI=1S/C49H33N3O/c1-3-39-40(4-2)48(37-29-50-31-51-30-37)45-28-35(23-25-42(45)47(39)34-21-19-33(20-22-34)32-13-7-5-8-14-32)36-24-26-46-44(27-36)41-17-11-12-18-43(41)49(53)52(46)38-15-9-6-10-16-38/h3-31H,1-2H2. The van der Waals surface area contributed by atoms with Crippen molar-refractivity contribution < 1.29 is 0 Å². The second-order valence-corrected chi connectivity index (χ2v) is 13.1. The Morgan fingerprint density at radius 1 is 0.453 bits per heavy atom. The first kappa shape index (κ1) is 31.8. The van der Waals surface area contributed by atoms with Crippen LogP contribution in [0.3, 0.4) is 0 Å². The van der Waals surface area contributed by atoms with Gasteiger partial charge in [0.05, 0.1) is 5.52 Å². The number of fused-ring (bicyclic) bond motifs is 4. The van der Waals surface area contributed by atoms with Gasteiger partial charge >= 0.3 is 0 Å². The largest absolute Gasteiger partial charge is 0.276 e. The molecular weight excluding hydrogens is 647 g/mol. The molecule has 4 heteroatoms. The van der Waals surface area contributed by atoms with Crippen molar-refractivity contribution in [3.05, 3.63) is 199 Å². The molecule has 2 heterocycles. The highest BCUT2D eigenvalue weighted by molar-refractivity contribution is 6.13. The summed E-state index contributed by atoms with van der Waals surface area (Å²) in [6, 6.07) is 49.9. The first-order chi connectivity index (χ1) is 26.1. The van der Waals surface area contributed by atoms with E-state index in [0.717, 1.165) is 82.8 Å². The molecule has 2 aromatic heterocycles. The summed E-state index contributed by atoms with van der Waals surface area (Å²) in [5.41, 5.74) is 12.1. The van der Waals surface area contributed by atoms with Crippen LogP contribution in [0.1, 0.15) is 11.1 Å². The van der Waals surface area contributed by atoms with Gasteiger partial charge in [0.1, 0.15) is 6.33 Å². The van der Waals surface area contributed by atoms with E-state index in [1.54, 1.807) is 6.33 Å². The summed E-state index contributed by atoms with van der Waals surface area (Å²) in [6.45, 7) is 8.57. The van der Waals surface area contributed by atoms with Gasteiger partial charge in [0.2, 0.25) is 0 Å². The lowest BCUT2D eigenvalue weighted by Crippen LogP contribution is -2.19. The van der Waals surface area contributed by atoms with E-state index in [-0.39, 0.29) is 5.56 Å². The van der Waals surface area contributed by atoms with E-state index in [1.165, 1.54) is 5.56 Å². The average Bonchev–Trinajstić information content (AvgIpc) is 3.23. The van der Waals surface area contributed by atoms with Gasteiger partial charge in [-0.1, -0.05) is 135 Å². The van der Waals surface area contributed by atoms with Crippen molar-refractivity contribution in [2.24, 2.45) is 0 Å². The van der Waals surface area contributed by atoms with Gasteiger partial charge in [-0.05, 0) is 97.1 Å². The molecule has 0 spiro atoms. The maximum absolute atomic E-state index is 13.9. The van der Waals surface area contributed by atoms with Gasteiger partial charge in [0.15, 0.2) is 0 Å². The number of nitrogens with zero attached hydrogens (tertiary/aromatic N) is 3. The second-order valence-electron chi connectivity index (χ2n) is 13.1. The fourth-order valence-corrected chi connectivity index (χ4v) is 7.74. The van der Waals surface area contributed by atoms with Crippen molar-refractivity contribution in [1.82, 2.24) is 14.5 Å². The van der Waals surface area contributed by atoms with Crippen molar-refractivity contribution in [2.75, 3.05) is 0 Å². The van der Waals surface area contributed by atoms with Gasteiger partial charge in [-0.25, -0.2) is 9.97 Å². The zero-order chi connectivity index (χ0) is 35.9. The molecule has 7 aromatic carbocycles. The third-order valence-corrected chi connectivity index (χ3v) is 10.2. The zero-order valence-electron chi connectivity index (χ0n) is 28.9. The molecule has 53 heavy (non-hydrogen) atoms. The summed E-state index contributed by atoms with van der Waals surface area (Å²) >= 11 is 0. The highest BCUT2D eigenvalue weighted by atomic mass is 16.1. The van der Waals surface area contributed by atoms with Gasteiger partial charge in [-0.2, -0.15) is 0 Å². The Labute approximate surface area is 307 Å². The molecule has 0 aliphatic heterocycles. The van der Waals surface area contributed by atoms with Gasteiger partial charge in [-0.3, -0.25) is 9.36 Å². The molecular formula is C49H33N3O. The van der Waals surface area contributed by atoms with Crippen molar-refractivity contribution in [2.45, 2.75) is 0 Å². The Balaban J connectivity index is 1.31. The molecule has 0 bridgehead atoms. The molecule has 0 aliphatic rings. The lowest BCUT2D eigenvalue weighted by atomic mass is 9.83. The van der Waals surface area contributed by atoms with E-state index in [0.29, 0.717) is 5.39 Å². The van der Waals surface area contributed by atoms with E-state index < -0.39 is 0 Å². The third-order valence-electron chi connectivity index (χ3n) is 10.2. The highest BCUT2D eigenvalue weighted by Crippen LogP contribution is 2.45. The van der Waals surface area contributed by atoms with Crippen LogP contribution in [0, 0.1) is 0 Å². The highest BCUT2D eigenvalue weighted by Gasteiger charge is 2.21. The van der Waals surface area contributed by atoms with Crippen LogP contribution in [0.4, 0.5) is 0 Å². The van der Waals surface area contributed by atoms with Crippen LogP contribution in [0.5, 0.6) is 0 Å². The van der Waals surface area contributed by atoms with Crippen LogP contribution >= 0.6 is 0 Å². The van der Waals surface area contributed by atoms with Crippen LogP contribution in [0.2, 0.25) is 0 Å². The van der Waals surface area contributed by atoms with Crippen LogP contribution in [-0.4, -0.2) is 14.5 Å². The smallest absolute Gasteiger partial charge is 0.263 e. The minimum atomic E-state index is -0.0354. The zero-order valence-corrected chi connectivity index (χ0v) is 28.9. The first-order valence-electron chi connectivity index (χ1n) is 17.6. The number of aromatic nitrogens is 3. The number of hydrogen-bond donors (Lipinski definition) is 0. The monoisotopic (exact) mass is 679 g/mol. The molecule has 0 fully saturated rings. The molecule has 4 nitrogen and oxygen atoms in total. The number of rotatable bonds is 7. The summed E-state index contributed by atoms with van der Waals surface area (Å²) in [6.07, 6.45) is 9.11. The normalized spacial score (nSPS) is 11.2. The van der Waals surface area contributed by atoms with E-state index in [2.05, 4.69) is 108 Å². The Kier molecular flexibility index (Phi) is 7.91. The van der Waals surface area contributed by atoms with Crippen molar-refractivity contribution in [1.29, 1.82) is 0 Å². The molecule has 0 saturated carbocycles. The lowest BCUT2D eigenvalue weighted by molar-refractivity contribution is 1.06. The number of pyridine rings is 1. The second kappa shape index (κ2) is 13.2. The predicted octanol–water partition coefficient (Wildman–Crippen LogP) is 12.0. The molecule has 9 aromatic rings. The van der Waals surface area contributed by atoms with Crippen LogP contribution in [0.15, 0.2) is 182 Å². The molecule has 0 N–H and O–H groups in total. The maximum Gasteiger partial charge on any atom is 0.263 e. The van der Waals surface area contributed by atoms with E-state index >= 15 is 0 Å². The van der Waals surface area contributed by atoms with Gasteiger partial charge < -0.3 is 0 Å². The van der Waals surface area contributed by atoms with Gasteiger partial charge in [0, 0.05) is 40.0 Å². The van der Waals surface area contributed by atoms with Crippen molar-refractivity contribution in [3.8, 4) is 50.2 Å². The Hall–Kier alpha value is -7.17. The predicted molar refractivity (Wildman–Crippen MR) is 222 cm³/mol. The molecule has 9 rings (SSSR count). The topological polar surface area (TPSA) is 47.8 Å². The molecule has 0 amide bonds. The van der Waals surface area contributed by atoms with Crippen molar-refractivity contribution >= 4 is 44.6 Å². The molecule has 0 saturated heterocycles. The maximum atomic E-state index is 13.9. The van der Waals surface area contributed by atoms with E-state index in [4.69, 9.17) is 0 Å². The Morgan fingerprint density at radius 3 is 1.66 bits per heavy atom. The molecule has 0 aliphatic carbocycles. The SMILES string of the molecule is C=Cc1c(C=C)c(-c2cncnc2)c2cc(-c3ccc4c(c3)c3ccccc3c(=O)n4-c3ccccc3)ccc2c1-c1ccc(-c2ccccc2)cc1. The van der Waals surface area contributed by atoms with Crippen LogP contribution < -0.4 is 5.56 Å². The average molecular weight is 680 g/mol. The van der Waals surface area contributed by atoms with E-state index in [1.807, 2.05) is 89.8 Å². The minimum Gasteiger partial charge on any atom is -0.276 e. The summed E-state index contributed by atoms with van der Waals surface area (Å²) in [5, 5.41) is 4.76. The van der Waals surface area contributed by atoms with E-state index in [9.17, 15) is 4.79 Å². The summed E-state index contributed by atoms with van der Waals surface area (Å²) in [4.78, 5) is 22.7. The van der Waals surface area contributed by atoms with Gasteiger partial charge in [-0.15, -0.1) is 0 Å². The third kappa shape index (κ3) is 5.36. The fraction of sp³-hybridized carbons (Fsp3) is 0. The summed E-state index contributed by atoms with van der Waals surface area (Å²) in [7, 11) is 0. The summed E-state index contributed by atoms with van der Waals surface area (Å²) in [5.74, 6) is 0. The van der Waals surface area contributed by atoms with Crippen molar-refractivity contribution in [3.63, 3.8) is 0 Å². The van der Waals surface area contributed by atoms with Crippen LogP contribution in [-0.2, 0) is 0 Å². The number of hydrogen-bond acceptors (Lipinski definition) is 3. The number of para-hydroxylation sites is 1. The number of benzene rings is 7. The Morgan fingerprint density at radius 2 is 0.981 bits per heavy atom. The first-order valence-corrected chi connectivity index (χ1v) is 17.6. The summed E-state index contributed by atoms with van der Waals surface area (Å²) < 4.78 is 1.82. The van der Waals surface area contributed by atoms with Gasteiger partial charge in [0.25, 0.3) is 5.56 Å². The Bertz CT molecular complexity index is 2910. The molecule has 0 radical (unpaired) electrons. The van der Waals surface area contributed by atoms with Crippen LogP contribution in [0.25, 0.3) is 94.8 Å². The molecule has 0 unspecified atom stereocenters. The minimum absolute atomic E-state index is 0.0354. The molecule has 0 atom stereocenters. The quantitative estimate of drug-likeness (QED) is 0.158. The molecule has 250 valence electrons.